The number of benzene rings is 2. The molecule has 0 heterocycles. The number of rotatable bonds is 5. The Labute approximate surface area is 125 Å². The molecular weight excluding hydrogens is 353 g/mol. The van der Waals surface area contributed by atoms with Gasteiger partial charge in [0.25, 0.3) is 0 Å². The van der Waals surface area contributed by atoms with Gasteiger partial charge < -0.3 is 10.4 Å². The molecule has 0 aliphatic rings. The second kappa shape index (κ2) is 6.56. The summed E-state index contributed by atoms with van der Waals surface area (Å²) in [6.45, 7) is 0.759. The third kappa shape index (κ3) is 4.55. The maximum atomic E-state index is 10.6. The molecule has 2 aromatic carbocycles. The highest BCUT2D eigenvalue weighted by Gasteiger charge is 2.00. The highest BCUT2D eigenvalue weighted by molar-refractivity contribution is 14.1. The fraction of sp³-hybridized carbons (Fsp3) is 0.133. The second-order valence-electron chi connectivity index (χ2n) is 4.25. The van der Waals surface area contributed by atoms with E-state index >= 15 is 0 Å². The van der Waals surface area contributed by atoms with Crippen LogP contribution in [0.2, 0.25) is 0 Å². The number of aliphatic carboxylic acids is 1. The van der Waals surface area contributed by atoms with Crippen molar-refractivity contribution in [3.05, 3.63) is 63.2 Å². The van der Waals surface area contributed by atoms with E-state index in [1.54, 1.807) is 0 Å². The van der Waals surface area contributed by atoms with E-state index in [1.165, 1.54) is 9.13 Å². The van der Waals surface area contributed by atoms with Crippen LogP contribution < -0.4 is 5.32 Å². The summed E-state index contributed by atoms with van der Waals surface area (Å²) in [6.07, 6.45) is 0.0669. The molecule has 0 spiro atoms. The third-order valence-electron chi connectivity index (χ3n) is 2.72. The molecule has 98 valence electrons. The molecule has 2 N–H and O–H groups in total. The van der Waals surface area contributed by atoms with Crippen LogP contribution in [0.1, 0.15) is 11.1 Å². The molecule has 2 rings (SSSR count). The smallest absolute Gasteiger partial charge is 0.307 e. The van der Waals surface area contributed by atoms with E-state index in [-0.39, 0.29) is 6.42 Å². The van der Waals surface area contributed by atoms with E-state index in [2.05, 4.69) is 52.2 Å². The Bertz CT molecular complexity index is 549. The summed E-state index contributed by atoms with van der Waals surface area (Å²) in [5.41, 5.74) is 3.02. The average molecular weight is 367 g/mol. The Morgan fingerprint density at radius 1 is 1.00 bits per heavy atom. The van der Waals surface area contributed by atoms with Crippen molar-refractivity contribution < 1.29 is 9.90 Å². The Hall–Kier alpha value is -1.56. The van der Waals surface area contributed by atoms with Crippen LogP contribution >= 0.6 is 22.6 Å². The van der Waals surface area contributed by atoms with Gasteiger partial charge in [0.05, 0.1) is 6.42 Å². The Morgan fingerprint density at radius 2 is 1.58 bits per heavy atom. The summed E-state index contributed by atoms with van der Waals surface area (Å²) in [7, 11) is 0. The third-order valence-corrected chi connectivity index (χ3v) is 3.44. The molecule has 0 amide bonds. The standard InChI is InChI=1S/C15H14INO2/c16-13-5-1-12(2-6-13)10-17-14-7-3-11(4-8-14)9-15(18)19/h1-8,17H,9-10H2,(H,18,19). The molecular formula is C15H14INO2. The highest BCUT2D eigenvalue weighted by Crippen LogP contribution is 2.13. The average Bonchev–Trinajstić information content (AvgIpc) is 2.39. The van der Waals surface area contributed by atoms with Gasteiger partial charge in [0.15, 0.2) is 0 Å². The highest BCUT2D eigenvalue weighted by atomic mass is 127. The number of halogens is 1. The molecule has 19 heavy (non-hydrogen) atoms. The van der Waals surface area contributed by atoms with Crippen LogP contribution in [0.15, 0.2) is 48.5 Å². The fourth-order valence-corrected chi connectivity index (χ4v) is 2.08. The molecule has 0 unspecified atom stereocenters. The van der Waals surface area contributed by atoms with Crippen molar-refractivity contribution >= 4 is 34.2 Å². The van der Waals surface area contributed by atoms with Crippen LogP contribution in [0.3, 0.4) is 0 Å². The second-order valence-corrected chi connectivity index (χ2v) is 5.49. The van der Waals surface area contributed by atoms with Gasteiger partial charge in [0.2, 0.25) is 0 Å². The minimum atomic E-state index is -0.806. The number of nitrogens with one attached hydrogen (secondary N) is 1. The first-order valence-corrected chi connectivity index (χ1v) is 7.00. The summed E-state index contributed by atoms with van der Waals surface area (Å²) in [5, 5.41) is 12.0. The first-order valence-electron chi connectivity index (χ1n) is 5.92. The SMILES string of the molecule is O=C(O)Cc1ccc(NCc2ccc(I)cc2)cc1. The number of anilines is 1. The van der Waals surface area contributed by atoms with Crippen LogP contribution in [-0.2, 0) is 17.8 Å². The lowest BCUT2D eigenvalue weighted by Crippen LogP contribution is -2.01. The van der Waals surface area contributed by atoms with E-state index in [1.807, 2.05) is 24.3 Å². The van der Waals surface area contributed by atoms with Gasteiger partial charge in [0.1, 0.15) is 0 Å². The van der Waals surface area contributed by atoms with Gasteiger partial charge in [-0.3, -0.25) is 4.79 Å². The molecule has 0 saturated heterocycles. The predicted molar refractivity (Wildman–Crippen MR) is 84.3 cm³/mol. The van der Waals surface area contributed by atoms with Crippen LogP contribution in [0.5, 0.6) is 0 Å². The molecule has 2 aromatic rings. The van der Waals surface area contributed by atoms with E-state index in [0.717, 1.165) is 17.8 Å². The van der Waals surface area contributed by atoms with Crippen molar-refractivity contribution in [2.45, 2.75) is 13.0 Å². The van der Waals surface area contributed by atoms with Crippen LogP contribution in [0.4, 0.5) is 5.69 Å². The Kier molecular flexibility index (Phi) is 4.79. The molecule has 0 aliphatic carbocycles. The maximum absolute atomic E-state index is 10.6. The topological polar surface area (TPSA) is 49.3 Å². The van der Waals surface area contributed by atoms with Crippen molar-refractivity contribution in [3.63, 3.8) is 0 Å². The van der Waals surface area contributed by atoms with Crippen LogP contribution in [0.25, 0.3) is 0 Å². The first kappa shape index (κ1) is 13.9. The van der Waals surface area contributed by atoms with Gasteiger partial charge in [-0.2, -0.15) is 0 Å². The summed E-state index contributed by atoms with van der Waals surface area (Å²) in [6, 6.07) is 15.8. The van der Waals surface area contributed by atoms with Gasteiger partial charge in [0, 0.05) is 15.8 Å². The number of carboxylic acids is 1. The largest absolute Gasteiger partial charge is 0.481 e. The van der Waals surface area contributed by atoms with Gasteiger partial charge >= 0.3 is 5.97 Å². The van der Waals surface area contributed by atoms with Crippen molar-refractivity contribution in [2.75, 3.05) is 5.32 Å². The van der Waals surface area contributed by atoms with E-state index in [4.69, 9.17) is 5.11 Å². The van der Waals surface area contributed by atoms with Gasteiger partial charge in [-0.05, 0) is 58.0 Å². The van der Waals surface area contributed by atoms with E-state index in [9.17, 15) is 4.79 Å². The summed E-state index contributed by atoms with van der Waals surface area (Å²) < 4.78 is 1.22. The lowest BCUT2D eigenvalue weighted by Gasteiger charge is -2.07. The molecule has 3 nitrogen and oxygen atoms in total. The zero-order valence-electron chi connectivity index (χ0n) is 10.3. The van der Waals surface area contributed by atoms with Crippen LogP contribution in [0, 0.1) is 3.57 Å². The summed E-state index contributed by atoms with van der Waals surface area (Å²) in [5.74, 6) is -0.806. The molecule has 0 aliphatic heterocycles. The summed E-state index contributed by atoms with van der Waals surface area (Å²) in [4.78, 5) is 10.6. The monoisotopic (exact) mass is 367 g/mol. The van der Waals surface area contributed by atoms with Crippen molar-refractivity contribution in [1.82, 2.24) is 0 Å². The van der Waals surface area contributed by atoms with Crippen molar-refractivity contribution in [3.8, 4) is 0 Å². The maximum Gasteiger partial charge on any atom is 0.307 e. The van der Waals surface area contributed by atoms with E-state index < -0.39 is 5.97 Å². The van der Waals surface area contributed by atoms with E-state index in [0.29, 0.717) is 0 Å². The number of carboxylic acid groups (broad SMARTS) is 1. The van der Waals surface area contributed by atoms with Crippen molar-refractivity contribution in [2.24, 2.45) is 0 Å². The number of hydrogen-bond acceptors (Lipinski definition) is 2. The molecule has 0 saturated carbocycles. The Balaban J connectivity index is 1.92. The van der Waals surface area contributed by atoms with Crippen molar-refractivity contribution in [1.29, 1.82) is 0 Å². The molecule has 0 radical (unpaired) electrons. The van der Waals surface area contributed by atoms with Crippen LogP contribution in [-0.4, -0.2) is 11.1 Å². The lowest BCUT2D eigenvalue weighted by molar-refractivity contribution is -0.136. The zero-order valence-corrected chi connectivity index (χ0v) is 12.4. The molecule has 4 heteroatoms. The van der Waals surface area contributed by atoms with Gasteiger partial charge in [-0.15, -0.1) is 0 Å². The molecule has 0 atom stereocenters. The Morgan fingerprint density at radius 3 is 2.16 bits per heavy atom. The van der Waals surface area contributed by atoms with Gasteiger partial charge in [-0.1, -0.05) is 24.3 Å². The minimum Gasteiger partial charge on any atom is -0.481 e. The lowest BCUT2D eigenvalue weighted by atomic mass is 10.1. The quantitative estimate of drug-likeness (QED) is 0.795. The first-order chi connectivity index (χ1) is 9.13. The minimum absolute atomic E-state index is 0.0669. The predicted octanol–water partition coefficient (Wildman–Crippen LogP) is 3.53. The molecule has 0 aromatic heterocycles. The molecule has 0 fully saturated rings. The summed E-state index contributed by atoms with van der Waals surface area (Å²) >= 11 is 2.28. The zero-order chi connectivity index (χ0) is 13.7. The number of hydrogen-bond donors (Lipinski definition) is 2. The normalized spacial score (nSPS) is 10.2. The number of carbonyl (C=O) groups is 1. The fourth-order valence-electron chi connectivity index (χ4n) is 1.72. The van der Waals surface area contributed by atoms with Gasteiger partial charge in [-0.25, -0.2) is 0 Å². The molecule has 0 bridgehead atoms.